The largest absolute Gasteiger partial charge is 0.0776 e. The molecule has 3 rings (SSSR count). The van der Waals surface area contributed by atoms with E-state index >= 15 is 0 Å². The molecule has 0 heterocycles. The van der Waals surface area contributed by atoms with Gasteiger partial charge in [0.05, 0.1) is 0 Å². The lowest BCUT2D eigenvalue weighted by molar-refractivity contribution is 1.50. The maximum absolute atomic E-state index is 2.28. The second kappa shape index (κ2) is 35.3. The van der Waals surface area contributed by atoms with E-state index in [9.17, 15) is 0 Å². The third-order valence-corrected chi connectivity index (χ3v) is 4.36. The molecule has 0 N–H and O–H groups in total. The van der Waals surface area contributed by atoms with Gasteiger partial charge >= 0.3 is 0 Å². The summed E-state index contributed by atoms with van der Waals surface area (Å²) in [7, 11) is 0. The van der Waals surface area contributed by atoms with Crippen molar-refractivity contribution in [2.75, 3.05) is 0 Å². The lowest BCUT2D eigenvalue weighted by Gasteiger charge is -1.80. The molecule has 29 heavy (non-hydrogen) atoms. The third-order valence-electron chi connectivity index (χ3n) is 2.20. The summed E-state index contributed by atoms with van der Waals surface area (Å²) >= 11 is 6.84. The Balaban J connectivity index is -0.0000000348. The van der Waals surface area contributed by atoms with Crippen LogP contribution in [-0.2, 0) is 0 Å². The van der Waals surface area contributed by atoms with E-state index in [0.717, 1.165) is 0 Å². The molecule has 0 saturated carbocycles. The smallest absolute Gasteiger partial charge is 0.0130 e. The van der Waals surface area contributed by atoms with Gasteiger partial charge in [-0.2, -0.15) is 0 Å². The summed E-state index contributed by atoms with van der Waals surface area (Å²) in [6.45, 7) is 4.00. The Bertz CT molecular complexity index is 499. The fourth-order valence-corrected chi connectivity index (χ4v) is 2.49. The van der Waals surface area contributed by atoms with Crippen LogP contribution in [0, 0.1) is 10.7 Å². The molecular weight excluding hydrogens is 693 g/mol. The van der Waals surface area contributed by atoms with Crippen LogP contribution in [0.25, 0.3) is 0 Å². The molecule has 0 amide bonds. The van der Waals surface area contributed by atoms with E-state index in [1.165, 1.54) is 10.7 Å². The van der Waals surface area contributed by atoms with E-state index in [-0.39, 0.29) is 46.0 Å². The van der Waals surface area contributed by atoms with Gasteiger partial charge in [0.25, 0.3) is 0 Å². The van der Waals surface area contributed by atoms with E-state index in [4.69, 9.17) is 0 Å². The molecule has 0 aromatic heterocycles. The first-order chi connectivity index (χ1) is 11.2. The quantitative estimate of drug-likeness (QED) is 0.201. The summed E-state index contributed by atoms with van der Waals surface area (Å²) in [5, 5.41) is 0. The molecule has 0 aliphatic carbocycles. The van der Waals surface area contributed by atoms with Crippen molar-refractivity contribution in [2.24, 2.45) is 0 Å². The van der Waals surface area contributed by atoms with Crippen LogP contribution in [0.1, 0.15) is 59.8 Å². The Hall–Kier alpha value is -0.150. The predicted molar refractivity (Wildman–Crippen MR) is 171 cm³/mol. The zero-order valence-electron chi connectivity index (χ0n) is 13.3. The van der Waals surface area contributed by atoms with Crippen LogP contribution in [0.5, 0.6) is 0 Å². The highest BCUT2D eigenvalue weighted by Crippen LogP contribution is 2.01. The number of hydrogen-bond acceptors (Lipinski definition) is 0. The van der Waals surface area contributed by atoms with E-state index < -0.39 is 0 Å². The molecule has 0 spiro atoms. The van der Waals surface area contributed by atoms with Gasteiger partial charge in [0.15, 0.2) is 0 Å². The number of hydrogen-bond donors (Lipinski definition) is 0. The molecule has 0 radical (unpaired) electrons. The summed E-state index contributed by atoms with van der Waals surface area (Å²) < 4.78 is 3.88. The maximum Gasteiger partial charge on any atom is 0.0130 e. The summed E-state index contributed by atoms with van der Waals surface area (Å²) in [4.78, 5) is 0. The average molecular weight is 740 g/mol. The number of benzene rings is 3. The fraction of sp³-hybridized carbons (Fsp3) is 0.308. The second-order valence-electron chi connectivity index (χ2n) is 3.89. The first-order valence-electron chi connectivity index (χ1n) is 7.30. The highest BCUT2D eigenvalue weighted by atomic mass is 127. The van der Waals surface area contributed by atoms with Gasteiger partial charge in [-0.25, -0.2) is 0 Å². The highest BCUT2D eigenvalue weighted by molar-refractivity contribution is 14.1. The molecule has 3 aromatic carbocycles. The van der Waals surface area contributed by atoms with Gasteiger partial charge in [0, 0.05) is 12.1 Å². The number of rotatable bonds is 0. The van der Waals surface area contributed by atoms with Crippen LogP contribution in [0.15, 0.2) is 91.0 Å². The molecule has 3 aromatic rings. The molecule has 0 bridgehead atoms. The molecule has 0 nitrogen and oxygen atoms in total. The standard InChI is InChI=1S/3C6H5I.C2H6.6CH4.H2/c3*7-6-4-2-1-3-5-6;1-2;;;;;;;/h3*1-5H;1-2H3;6*1H4;1H. The van der Waals surface area contributed by atoms with E-state index in [1.807, 2.05) is 68.4 Å². The van der Waals surface area contributed by atoms with Crippen molar-refractivity contribution in [1.29, 1.82) is 0 Å². The van der Waals surface area contributed by atoms with Crippen LogP contribution in [0.2, 0.25) is 0 Å². The van der Waals surface area contributed by atoms with Crippen molar-refractivity contribution in [2.45, 2.75) is 58.4 Å². The molecule has 0 unspecified atom stereocenters. The molecule has 3 heteroatoms. The van der Waals surface area contributed by atoms with Crippen LogP contribution in [0.3, 0.4) is 0 Å². The fourth-order valence-electron chi connectivity index (χ4n) is 1.24. The Morgan fingerprint density at radius 1 is 0.379 bits per heavy atom. The van der Waals surface area contributed by atoms with Gasteiger partial charge < -0.3 is 0 Å². The van der Waals surface area contributed by atoms with Gasteiger partial charge in [-0.05, 0) is 104 Å². The Morgan fingerprint density at radius 3 is 0.586 bits per heavy atom. The van der Waals surface area contributed by atoms with Gasteiger partial charge in [-0.1, -0.05) is 113 Å². The number of halogens is 3. The lowest BCUT2D eigenvalue weighted by atomic mass is 10.4. The van der Waals surface area contributed by atoms with Crippen LogP contribution >= 0.6 is 67.8 Å². The van der Waals surface area contributed by atoms with Crippen molar-refractivity contribution in [3.8, 4) is 0 Å². The lowest BCUT2D eigenvalue weighted by Crippen LogP contribution is -1.61. The average Bonchev–Trinajstić information content (AvgIpc) is 2.60. The molecular formula is C26H47I3. The van der Waals surface area contributed by atoms with E-state index in [1.54, 1.807) is 0 Å². The van der Waals surface area contributed by atoms with Crippen molar-refractivity contribution >= 4 is 67.8 Å². The maximum atomic E-state index is 2.28. The minimum absolute atomic E-state index is 0. The SMILES string of the molecule is C.C.C.C.C.C.CC.Ic1ccccc1.Ic1ccccc1.Ic1ccccc1.[HH]. The van der Waals surface area contributed by atoms with Gasteiger partial charge in [-0.15, -0.1) is 0 Å². The minimum atomic E-state index is 0. The van der Waals surface area contributed by atoms with Crippen molar-refractivity contribution in [3.63, 3.8) is 0 Å². The summed E-state index contributed by atoms with van der Waals surface area (Å²) in [5.74, 6) is 0. The highest BCUT2D eigenvalue weighted by Gasteiger charge is 1.75. The molecule has 0 saturated heterocycles. The first-order valence-corrected chi connectivity index (χ1v) is 10.5. The predicted octanol–water partition coefficient (Wildman–Crippen LogP) is 12.0. The molecule has 172 valence electrons. The van der Waals surface area contributed by atoms with Crippen molar-refractivity contribution in [3.05, 3.63) is 102 Å². The van der Waals surface area contributed by atoms with Crippen molar-refractivity contribution in [1.82, 2.24) is 0 Å². The van der Waals surface area contributed by atoms with E-state index in [2.05, 4.69) is 104 Å². The van der Waals surface area contributed by atoms with Crippen LogP contribution < -0.4 is 0 Å². The Labute approximate surface area is 227 Å². The Kier molecular flexibility index (Phi) is 57.0. The molecule has 0 fully saturated rings. The van der Waals surface area contributed by atoms with Crippen LogP contribution in [-0.4, -0.2) is 0 Å². The van der Waals surface area contributed by atoms with Gasteiger partial charge in [-0.3, -0.25) is 0 Å². The van der Waals surface area contributed by atoms with Crippen molar-refractivity contribution < 1.29 is 1.43 Å². The third kappa shape index (κ3) is 32.7. The summed E-state index contributed by atoms with van der Waals surface area (Å²) in [5.41, 5.74) is 0. The minimum Gasteiger partial charge on any atom is -0.0776 e. The van der Waals surface area contributed by atoms with Gasteiger partial charge in [0.1, 0.15) is 0 Å². The second-order valence-corrected chi connectivity index (χ2v) is 7.62. The zero-order chi connectivity index (χ0) is 17.3. The normalized spacial score (nSPS) is 6.52. The topological polar surface area (TPSA) is 0 Å². The first kappa shape index (κ1) is 46.9. The summed E-state index contributed by atoms with van der Waals surface area (Å²) in [6, 6.07) is 30.6. The Morgan fingerprint density at radius 2 is 0.517 bits per heavy atom. The molecule has 0 atom stereocenters. The summed E-state index contributed by atoms with van der Waals surface area (Å²) in [6.07, 6.45) is 0. The van der Waals surface area contributed by atoms with Gasteiger partial charge in [0.2, 0.25) is 0 Å². The molecule has 0 aliphatic heterocycles. The van der Waals surface area contributed by atoms with E-state index in [0.29, 0.717) is 0 Å². The molecule has 0 aliphatic rings. The zero-order valence-corrected chi connectivity index (χ0v) is 19.8. The van der Waals surface area contributed by atoms with Crippen LogP contribution in [0.4, 0.5) is 0 Å². The monoisotopic (exact) mass is 740 g/mol.